The van der Waals surface area contributed by atoms with Crippen LogP contribution >= 0.6 is 15.9 Å². The number of carbonyl (C=O) groups is 1. The van der Waals surface area contributed by atoms with Crippen LogP contribution in [0.25, 0.3) is 0 Å². The number of amides is 1. The predicted molar refractivity (Wildman–Crippen MR) is 68.4 cm³/mol. The first kappa shape index (κ1) is 11.6. The van der Waals surface area contributed by atoms with Crippen molar-refractivity contribution in [1.29, 1.82) is 0 Å². The fraction of sp³-hybridized carbons (Fsp3) is 0.462. The average molecular weight is 282 g/mol. The molecule has 0 unspecified atom stereocenters. The number of halogens is 1. The zero-order valence-corrected chi connectivity index (χ0v) is 10.8. The van der Waals surface area contributed by atoms with E-state index in [0.717, 1.165) is 16.6 Å². The van der Waals surface area contributed by atoms with Gasteiger partial charge in [0.05, 0.1) is 0 Å². The van der Waals surface area contributed by atoms with Crippen LogP contribution in [-0.4, -0.2) is 12.5 Å². The van der Waals surface area contributed by atoms with Crippen molar-refractivity contribution in [3.05, 3.63) is 34.3 Å². The summed E-state index contributed by atoms with van der Waals surface area (Å²) in [4.78, 5) is 11.8. The van der Waals surface area contributed by atoms with E-state index in [1.165, 1.54) is 25.7 Å². The van der Waals surface area contributed by atoms with E-state index in [2.05, 4.69) is 21.2 Å². The van der Waals surface area contributed by atoms with Gasteiger partial charge in [-0.2, -0.15) is 0 Å². The molecule has 1 saturated carbocycles. The minimum atomic E-state index is 0.0354. The van der Waals surface area contributed by atoms with Gasteiger partial charge in [0.25, 0.3) is 5.91 Å². The Morgan fingerprint density at radius 3 is 2.81 bits per heavy atom. The summed E-state index contributed by atoms with van der Waals surface area (Å²) in [6.45, 7) is 0.825. The first-order valence-corrected chi connectivity index (χ1v) is 6.59. The summed E-state index contributed by atoms with van der Waals surface area (Å²) in [7, 11) is 0. The maximum Gasteiger partial charge on any atom is 0.251 e. The van der Waals surface area contributed by atoms with Crippen molar-refractivity contribution >= 4 is 21.8 Å². The maximum atomic E-state index is 11.8. The van der Waals surface area contributed by atoms with Crippen LogP contribution in [0.2, 0.25) is 0 Å². The molecule has 1 aromatic carbocycles. The Morgan fingerprint density at radius 2 is 2.12 bits per heavy atom. The lowest BCUT2D eigenvalue weighted by atomic mass is 10.1. The maximum absolute atomic E-state index is 11.8. The molecule has 0 heterocycles. The molecule has 0 spiro atoms. The molecule has 3 heteroatoms. The minimum Gasteiger partial charge on any atom is -0.352 e. The molecule has 1 aromatic rings. The summed E-state index contributed by atoms with van der Waals surface area (Å²) < 4.78 is 0.945. The lowest BCUT2D eigenvalue weighted by molar-refractivity contribution is 0.0947. The van der Waals surface area contributed by atoms with E-state index in [4.69, 9.17) is 0 Å². The number of hydrogen-bond donors (Lipinski definition) is 1. The molecule has 2 nitrogen and oxygen atoms in total. The lowest BCUT2D eigenvalue weighted by Crippen LogP contribution is -2.28. The summed E-state index contributed by atoms with van der Waals surface area (Å²) in [5, 5.41) is 3.01. The summed E-state index contributed by atoms with van der Waals surface area (Å²) in [6, 6.07) is 7.50. The molecule has 86 valence electrons. The fourth-order valence-electron chi connectivity index (χ4n) is 2.18. The van der Waals surface area contributed by atoms with Gasteiger partial charge in [0.15, 0.2) is 0 Å². The zero-order chi connectivity index (χ0) is 11.4. The van der Waals surface area contributed by atoms with Gasteiger partial charge in [0.2, 0.25) is 0 Å². The van der Waals surface area contributed by atoms with E-state index in [1.807, 2.05) is 24.3 Å². The molecule has 0 saturated heterocycles. The summed E-state index contributed by atoms with van der Waals surface area (Å²) >= 11 is 3.37. The molecule has 1 N–H and O–H groups in total. The van der Waals surface area contributed by atoms with Crippen LogP contribution < -0.4 is 5.32 Å². The van der Waals surface area contributed by atoms with Gasteiger partial charge in [-0.25, -0.2) is 0 Å². The Hall–Kier alpha value is -0.830. The van der Waals surface area contributed by atoms with Crippen LogP contribution in [-0.2, 0) is 0 Å². The molecule has 16 heavy (non-hydrogen) atoms. The highest BCUT2D eigenvalue weighted by atomic mass is 79.9. The van der Waals surface area contributed by atoms with Gasteiger partial charge in [0, 0.05) is 16.6 Å². The van der Waals surface area contributed by atoms with Crippen LogP contribution in [0, 0.1) is 5.92 Å². The third-order valence-corrected chi connectivity index (χ3v) is 3.61. The molecule has 2 rings (SSSR count). The Kier molecular flexibility index (Phi) is 3.99. The number of benzene rings is 1. The Labute approximate surface area is 105 Å². The average Bonchev–Trinajstić information content (AvgIpc) is 2.78. The smallest absolute Gasteiger partial charge is 0.251 e. The standard InChI is InChI=1S/C13H16BrNO/c14-12-7-3-6-11(8-12)13(16)15-9-10-4-1-2-5-10/h3,6-8,10H,1-2,4-5,9H2,(H,15,16). The van der Waals surface area contributed by atoms with Crippen molar-refractivity contribution < 1.29 is 4.79 Å². The van der Waals surface area contributed by atoms with Crippen molar-refractivity contribution in [2.45, 2.75) is 25.7 Å². The van der Waals surface area contributed by atoms with E-state index < -0.39 is 0 Å². The van der Waals surface area contributed by atoms with E-state index in [1.54, 1.807) is 0 Å². The second-order valence-electron chi connectivity index (χ2n) is 4.37. The second kappa shape index (κ2) is 5.48. The van der Waals surface area contributed by atoms with Crippen LogP contribution in [0.15, 0.2) is 28.7 Å². The SMILES string of the molecule is O=C(NCC1CCCC1)c1cccc(Br)c1. The highest BCUT2D eigenvalue weighted by molar-refractivity contribution is 9.10. The molecule has 0 bridgehead atoms. The zero-order valence-electron chi connectivity index (χ0n) is 9.21. The van der Waals surface area contributed by atoms with Gasteiger partial charge < -0.3 is 5.32 Å². The third-order valence-electron chi connectivity index (χ3n) is 3.11. The van der Waals surface area contributed by atoms with Crippen molar-refractivity contribution in [1.82, 2.24) is 5.32 Å². The van der Waals surface area contributed by atoms with Gasteiger partial charge in [-0.05, 0) is 37.0 Å². The monoisotopic (exact) mass is 281 g/mol. The lowest BCUT2D eigenvalue weighted by Gasteiger charge is -2.10. The van der Waals surface area contributed by atoms with Gasteiger partial charge in [-0.3, -0.25) is 4.79 Å². The van der Waals surface area contributed by atoms with Crippen LogP contribution in [0.3, 0.4) is 0 Å². The van der Waals surface area contributed by atoms with Gasteiger partial charge in [-0.15, -0.1) is 0 Å². The van der Waals surface area contributed by atoms with E-state index >= 15 is 0 Å². The highest BCUT2D eigenvalue weighted by Gasteiger charge is 2.16. The fourth-order valence-corrected chi connectivity index (χ4v) is 2.58. The van der Waals surface area contributed by atoms with Gasteiger partial charge >= 0.3 is 0 Å². The highest BCUT2D eigenvalue weighted by Crippen LogP contribution is 2.23. The predicted octanol–water partition coefficient (Wildman–Crippen LogP) is 3.37. The Balaban J connectivity index is 1.87. The van der Waals surface area contributed by atoms with Gasteiger partial charge in [0.1, 0.15) is 0 Å². The van der Waals surface area contributed by atoms with E-state index in [9.17, 15) is 4.79 Å². The molecule has 0 aromatic heterocycles. The Bertz CT molecular complexity index is 372. The van der Waals surface area contributed by atoms with E-state index in [0.29, 0.717) is 5.92 Å². The molecular weight excluding hydrogens is 266 g/mol. The molecule has 1 amide bonds. The first-order valence-electron chi connectivity index (χ1n) is 5.79. The quantitative estimate of drug-likeness (QED) is 0.904. The van der Waals surface area contributed by atoms with Crippen molar-refractivity contribution in [3.8, 4) is 0 Å². The summed E-state index contributed by atoms with van der Waals surface area (Å²) in [5.41, 5.74) is 0.729. The van der Waals surface area contributed by atoms with Gasteiger partial charge in [-0.1, -0.05) is 34.8 Å². The van der Waals surface area contributed by atoms with Crippen LogP contribution in [0.4, 0.5) is 0 Å². The number of nitrogens with one attached hydrogen (secondary N) is 1. The molecular formula is C13H16BrNO. The largest absolute Gasteiger partial charge is 0.352 e. The minimum absolute atomic E-state index is 0.0354. The number of rotatable bonds is 3. The van der Waals surface area contributed by atoms with Crippen molar-refractivity contribution in [2.24, 2.45) is 5.92 Å². The third kappa shape index (κ3) is 3.08. The van der Waals surface area contributed by atoms with Crippen molar-refractivity contribution in [2.75, 3.05) is 6.54 Å². The number of hydrogen-bond acceptors (Lipinski definition) is 1. The Morgan fingerprint density at radius 1 is 1.38 bits per heavy atom. The molecule has 0 atom stereocenters. The molecule has 1 aliphatic rings. The second-order valence-corrected chi connectivity index (χ2v) is 5.29. The van der Waals surface area contributed by atoms with Crippen LogP contribution in [0.1, 0.15) is 36.0 Å². The first-order chi connectivity index (χ1) is 7.75. The molecule has 1 aliphatic carbocycles. The normalized spacial score (nSPS) is 16.3. The molecule has 0 aliphatic heterocycles. The topological polar surface area (TPSA) is 29.1 Å². The van der Waals surface area contributed by atoms with Crippen molar-refractivity contribution in [3.63, 3.8) is 0 Å². The molecule has 1 fully saturated rings. The van der Waals surface area contributed by atoms with E-state index in [-0.39, 0.29) is 5.91 Å². The summed E-state index contributed by atoms with van der Waals surface area (Å²) in [5.74, 6) is 0.726. The number of carbonyl (C=O) groups excluding carboxylic acids is 1. The van der Waals surface area contributed by atoms with Crippen LogP contribution in [0.5, 0.6) is 0 Å². The molecule has 0 radical (unpaired) electrons. The summed E-state index contributed by atoms with van der Waals surface area (Å²) in [6.07, 6.45) is 5.16.